The van der Waals surface area contributed by atoms with E-state index in [1.54, 1.807) is 6.92 Å². The maximum atomic E-state index is 12.4. The molecule has 1 aromatic rings. The predicted molar refractivity (Wildman–Crippen MR) is 67.3 cm³/mol. The number of ether oxygens (including phenoxy) is 2. The van der Waals surface area contributed by atoms with Crippen molar-refractivity contribution >= 4 is 5.97 Å². The van der Waals surface area contributed by atoms with E-state index in [-0.39, 0.29) is 18.8 Å². The van der Waals surface area contributed by atoms with E-state index in [1.165, 1.54) is 6.08 Å². The van der Waals surface area contributed by atoms with Gasteiger partial charge in [0.05, 0.1) is 12.2 Å². The lowest BCUT2D eigenvalue weighted by Gasteiger charge is -2.16. The standard InChI is InChI=1S/C14H15F3O3/c1-3-5-12(13(18)19-4-2)20-11-8-6-10(7-9-11)14(15,16)17/h3,6-9,12H,1,4-5H2,2H3. The van der Waals surface area contributed by atoms with Crippen LogP contribution < -0.4 is 4.74 Å². The Morgan fingerprint density at radius 3 is 2.40 bits per heavy atom. The third-order valence-electron chi connectivity index (χ3n) is 2.39. The van der Waals surface area contributed by atoms with Gasteiger partial charge in [-0.2, -0.15) is 13.2 Å². The van der Waals surface area contributed by atoms with Crippen LogP contribution in [-0.4, -0.2) is 18.7 Å². The molecule has 0 aliphatic rings. The number of hydrogen-bond donors (Lipinski definition) is 0. The molecule has 0 amide bonds. The number of hydrogen-bond acceptors (Lipinski definition) is 3. The van der Waals surface area contributed by atoms with Crippen molar-refractivity contribution in [2.24, 2.45) is 0 Å². The maximum Gasteiger partial charge on any atom is 0.416 e. The summed E-state index contributed by atoms with van der Waals surface area (Å²) in [6, 6.07) is 4.12. The van der Waals surface area contributed by atoms with Gasteiger partial charge in [0.15, 0.2) is 6.10 Å². The molecule has 1 atom stereocenters. The van der Waals surface area contributed by atoms with Crippen molar-refractivity contribution in [3.8, 4) is 5.75 Å². The molecule has 0 radical (unpaired) electrons. The van der Waals surface area contributed by atoms with E-state index < -0.39 is 23.8 Å². The summed E-state index contributed by atoms with van der Waals surface area (Å²) >= 11 is 0. The normalized spacial score (nSPS) is 12.6. The zero-order valence-corrected chi connectivity index (χ0v) is 10.9. The van der Waals surface area contributed by atoms with Crippen LogP contribution in [0.5, 0.6) is 5.75 Å². The average Bonchev–Trinajstić information content (AvgIpc) is 2.38. The van der Waals surface area contributed by atoms with E-state index in [1.807, 2.05) is 0 Å². The van der Waals surface area contributed by atoms with E-state index in [9.17, 15) is 18.0 Å². The third-order valence-corrected chi connectivity index (χ3v) is 2.39. The second-order valence-corrected chi connectivity index (χ2v) is 3.91. The molecule has 0 N–H and O–H groups in total. The predicted octanol–water partition coefficient (Wildman–Crippen LogP) is 3.59. The van der Waals surface area contributed by atoms with Crippen LogP contribution in [0.2, 0.25) is 0 Å². The highest BCUT2D eigenvalue weighted by Crippen LogP contribution is 2.30. The van der Waals surface area contributed by atoms with Crippen molar-refractivity contribution in [1.29, 1.82) is 0 Å². The molecule has 1 rings (SSSR count). The second-order valence-electron chi connectivity index (χ2n) is 3.91. The SMILES string of the molecule is C=CCC(Oc1ccc(C(F)(F)F)cc1)C(=O)OCC. The van der Waals surface area contributed by atoms with Gasteiger partial charge in [-0.05, 0) is 31.2 Å². The van der Waals surface area contributed by atoms with Crippen molar-refractivity contribution in [3.05, 3.63) is 42.5 Å². The van der Waals surface area contributed by atoms with Crippen molar-refractivity contribution in [3.63, 3.8) is 0 Å². The lowest BCUT2D eigenvalue weighted by atomic mass is 10.2. The molecule has 0 saturated carbocycles. The summed E-state index contributed by atoms with van der Waals surface area (Å²) in [7, 11) is 0. The van der Waals surface area contributed by atoms with Crippen LogP contribution in [0.4, 0.5) is 13.2 Å². The number of esters is 1. The fraction of sp³-hybridized carbons (Fsp3) is 0.357. The van der Waals surface area contributed by atoms with Crippen LogP contribution in [0.15, 0.2) is 36.9 Å². The van der Waals surface area contributed by atoms with E-state index in [4.69, 9.17) is 9.47 Å². The van der Waals surface area contributed by atoms with Crippen molar-refractivity contribution in [1.82, 2.24) is 0 Å². The van der Waals surface area contributed by atoms with Gasteiger partial charge in [0.1, 0.15) is 5.75 Å². The molecule has 0 heterocycles. The average molecular weight is 288 g/mol. The molecular formula is C14H15F3O3. The van der Waals surface area contributed by atoms with E-state index in [0.717, 1.165) is 24.3 Å². The number of carbonyl (C=O) groups is 1. The fourth-order valence-electron chi connectivity index (χ4n) is 1.47. The summed E-state index contributed by atoms with van der Waals surface area (Å²) in [5, 5.41) is 0. The Hall–Kier alpha value is -1.98. The van der Waals surface area contributed by atoms with Gasteiger partial charge in [-0.3, -0.25) is 0 Å². The summed E-state index contributed by atoms with van der Waals surface area (Å²) in [4.78, 5) is 11.6. The minimum atomic E-state index is -4.40. The summed E-state index contributed by atoms with van der Waals surface area (Å²) in [5.41, 5.74) is -0.777. The highest BCUT2D eigenvalue weighted by molar-refractivity contribution is 5.75. The molecule has 0 saturated heterocycles. The van der Waals surface area contributed by atoms with Crippen molar-refractivity contribution in [2.75, 3.05) is 6.61 Å². The largest absolute Gasteiger partial charge is 0.478 e. The fourth-order valence-corrected chi connectivity index (χ4v) is 1.47. The summed E-state index contributed by atoms with van der Waals surface area (Å²) in [6.07, 6.45) is -3.63. The number of benzene rings is 1. The highest BCUT2D eigenvalue weighted by Gasteiger charge is 2.30. The Bertz CT molecular complexity index is 452. The number of alkyl halides is 3. The summed E-state index contributed by atoms with van der Waals surface area (Å²) < 4.78 is 47.3. The smallest absolute Gasteiger partial charge is 0.416 e. The molecule has 20 heavy (non-hydrogen) atoms. The van der Waals surface area contributed by atoms with Crippen molar-refractivity contribution < 1.29 is 27.4 Å². The Balaban J connectivity index is 2.78. The zero-order valence-electron chi connectivity index (χ0n) is 10.9. The van der Waals surface area contributed by atoms with Gasteiger partial charge in [0.2, 0.25) is 0 Å². The van der Waals surface area contributed by atoms with E-state index in [2.05, 4.69) is 6.58 Å². The van der Waals surface area contributed by atoms with Crippen LogP contribution in [0.1, 0.15) is 18.9 Å². The van der Waals surface area contributed by atoms with Crippen LogP contribution in [0.25, 0.3) is 0 Å². The Kier molecular flexibility index (Phi) is 5.61. The second kappa shape index (κ2) is 6.98. The maximum absolute atomic E-state index is 12.4. The molecule has 0 aliphatic carbocycles. The lowest BCUT2D eigenvalue weighted by Crippen LogP contribution is -2.28. The highest BCUT2D eigenvalue weighted by atomic mass is 19.4. The van der Waals surface area contributed by atoms with E-state index >= 15 is 0 Å². The molecule has 0 spiro atoms. The molecule has 0 aliphatic heterocycles. The molecule has 110 valence electrons. The quantitative estimate of drug-likeness (QED) is 0.592. The summed E-state index contributed by atoms with van der Waals surface area (Å²) in [5.74, 6) is -0.412. The first-order chi connectivity index (χ1) is 9.38. The minimum absolute atomic E-state index is 0.165. The zero-order chi connectivity index (χ0) is 15.2. The van der Waals surface area contributed by atoms with Crippen molar-refractivity contribution in [2.45, 2.75) is 25.6 Å². The molecule has 1 unspecified atom stereocenters. The molecule has 0 bridgehead atoms. The van der Waals surface area contributed by atoms with Gasteiger partial charge in [0, 0.05) is 6.42 Å². The molecule has 3 nitrogen and oxygen atoms in total. The van der Waals surface area contributed by atoms with Gasteiger partial charge in [-0.1, -0.05) is 6.08 Å². The number of halogens is 3. The van der Waals surface area contributed by atoms with E-state index in [0.29, 0.717) is 0 Å². The molecule has 6 heteroatoms. The first-order valence-corrected chi connectivity index (χ1v) is 6.00. The first kappa shape index (κ1) is 16.1. The lowest BCUT2D eigenvalue weighted by molar-refractivity contribution is -0.151. The van der Waals surface area contributed by atoms with Crippen LogP contribution in [0.3, 0.4) is 0 Å². The minimum Gasteiger partial charge on any atom is -0.478 e. The van der Waals surface area contributed by atoms with Gasteiger partial charge < -0.3 is 9.47 Å². The number of carbonyl (C=O) groups excluding carboxylic acids is 1. The monoisotopic (exact) mass is 288 g/mol. The summed E-state index contributed by atoms with van der Waals surface area (Å²) in [6.45, 7) is 5.35. The topological polar surface area (TPSA) is 35.5 Å². The third kappa shape index (κ3) is 4.60. The molecule has 0 fully saturated rings. The van der Waals surface area contributed by atoms with Crippen LogP contribution >= 0.6 is 0 Å². The van der Waals surface area contributed by atoms with Gasteiger partial charge in [0.25, 0.3) is 0 Å². The molecule has 1 aromatic carbocycles. The number of rotatable bonds is 6. The van der Waals surface area contributed by atoms with Gasteiger partial charge >= 0.3 is 12.1 Å². The molecule has 0 aromatic heterocycles. The molecular weight excluding hydrogens is 273 g/mol. The van der Waals surface area contributed by atoms with Crippen LogP contribution in [0, 0.1) is 0 Å². The van der Waals surface area contributed by atoms with Gasteiger partial charge in [-0.25, -0.2) is 4.79 Å². The Morgan fingerprint density at radius 2 is 1.95 bits per heavy atom. The first-order valence-electron chi connectivity index (χ1n) is 6.00. The van der Waals surface area contributed by atoms with Crippen LogP contribution in [-0.2, 0) is 15.7 Å². The Labute approximate surface area is 115 Å². The Morgan fingerprint density at radius 1 is 1.35 bits per heavy atom. The van der Waals surface area contributed by atoms with Gasteiger partial charge in [-0.15, -0.1) is 6.58 Å².